The molecule has 0 atom stereocenters. The van der Waals surface area contributed by atoms with Crippen LogP contribution < -0.4 is 4.74 Å². The summed E-state index contributed by atoms with van der Waals surface area (Å²) >= 11 is 4.88. The molecule has 15 heavy (non-hydrogen) atoms. The number of methoxy groups -OCH3 is 1. The molecule has 0 saturated carbocycles. The van der Waals surface area contributed by atoms with Crippen LogP contribution in [-0.4, -0.2) is 17.1 Å². The lowest BCUT2D eigenvalue weighted by molar-refractivity contribution is 0.386. The number of aromatic nitrogens is 2. The first-order valence-electron chi connectivity index (χ1n) is 4.32. The Morgan fingerprint density at radius 2 is 2.20 bits per heavy atom. The van der Waals surface area contributed by atoms with Gasteiger partial charge < -0.3 is 14.7 Å². The van der Waals surface area contributed by atoms with Gasteiger partial charge in [0, 0.05) is 11.8 Å². The molecule has 0 fully saturated rings. The van der Waals surface area contributed by atoms with E-state index in [4.69, 9.17) is 17.0 Å². The van der Waals surface area contributed by atoms with E-state index in [9.17, 15) is 4.39 Å². The fourth-order valence-electron chi connectivity index (χ4n) is 1.32. The third kappa shape index (κ3) is 1.92. The number of hydrogen-bond donors (Lipinski definition) is 2. The number of halogens is 1. The molecule has 0 radical (unpaired) electrons. The molecule has 0 aliphatic heterocycles. The number of rotatable bonds is 2. The van der Waals surface area contributed by atoms with Crippen molar-refractivity contribution in [2.45, 2.75) is 0 Å². The lowest BCUT2D eigenvalue weighted by atomic mass is 10.1. The second-order valence-electron chi connectivity index (χ2n) is 3.01. The molecule has 1 heterocycles. The van der Waals surface area contributed by atoms with Gasteiger partial charge in [-0.1, -0.05) is 0 Å². The highest BCUT2D eigenvalue weighted by Gasteiger charge is 2.05. The van der Waals surface area contributed by atoms with Crippen molar-refractivity contribution < 1.29 is 9.13 Å². The molecule has 3 nitrogen and oxygen atoms in total. The largest absolute Gasteiger partial charge is 0.494 e. The molecule has 0 amide bonds. The van der Waals surface area contributed by atoms with E-state index in [0.717, 1.165) is 11.3 Å². The maximum absolute atomic E-state index is 13.4. The minimum absolute atomic E-state index is 0.230. The van der Waals surface area contributed by atoms with E-state index in [1.54, 1.807) is 18.3 Å². The third-order valence-corrected chi connectivity index (χ3v) is 2.28. The standard InChI is InChI=1S/C10H9FN2OS/c1-14-9-3-2-6(4-7(9)11)8-5-12-10(15)13-8/h2-5H,1H3,(H2,12,13,15). The molecule has 0 aliphatic rings. The van der Waals surface area contributed by atoms with Gasteiger partial charge in [-0.25, -0.2) is 4.39 Å². The Kier molecular flexibility index (Phi) is 2.55. The maximum atomic E-state index is 13.4. The smallest absolute Gasteiger partial charge is 0.174 e. The minimum atomic E-state index is -0.393. The van der Waals surface area contributed by atoms with E-state index in [0.29, 0.717) is 4.77 Å². The average Bonchev–Trinajstić information content (AvgIpc) is 2.65. The summed E-state index contributed by atoms with van der Waals surface area (Å²) in [5, 5.41) is 0. The van der Waals surface area contributed by atoms with Crippen LogP contribution in [0, 0.1) is 10.6 Å². The molecular formula is C10H9FN2OS. The number of H-pyrrole nitrogens is 2. The molecule has 0 bridgehead atoms. The topological polar surface area (TPSA) is 40.8 Å². The van der Waals surface area contributed by atoms with Crippen LogP contribution >= 0.6 is 12.2 Å². The zero-order valence-electron chi connectivity index (χ0n) is 8.00. The molecule has 2 aromatic rings. The van der Waals surface area contributed by atoms with Crippen molar-refractivity contribution in [1.82, 2.24) is 9.97 Å². The summed E-state index contributed by atoms with van der Waals surface area (Å²) in [5.41, 5.74) is 1.47. The molecule has 0 aliphatic carbocycles. The number of aromatic amines is 2. The molecule has 2 N–H and O–H groups in total. The van der Waals surface area contributed by atoms with Crippen LogP contribution in [0.1, 0.15) is 0 Å². The normalized spacial score (nSPS) is 10.3. The molecule has 0 saturated heterocycles. The molecular weight excluding hydrogens is 215 g/mol. The summed E-state index contributed by atoms with van der Waals surface area (Å²) in [7, 11) is 1.43. The van der Waals surface area contributed by atoms with Gasteiger partial charge in [-0.05, 0) is 30.4 Å². The molecule has 78 valence electrons. The van der Waals surface area contributed by atoms with E-state index >= 15 is 0 Å². The fourth-order valence-corrected chi connectivity index (χ4v) is 1.49. The van der Waals surface area contributed by atoms with Crippen molar-refractivity contribution in [1.29, 1.82) is 0 Å². The number of ether oxygens (including phenoxy) is 1. The Morgan fingerprint density at radius 1 is 1.40 bits per heavy atom. The zero-order chi connectivity index (χ0) is 10.8. The Balaban J connectivity index is 2.46. The van der Waals surface area contributed by atoms with Crippen molar-refractivity contribution in [3.05, 3.63) is 35.0 Å². The van der Waals surface area contributed by atoms with Crippen molar-refractivity contribution in [2.24, 2.45) is 0 Å². The second kappa shape index (κ2) is 3.86. The first kappa shape index (κ1) is 9.92. The third-order valence-electron chi connectivity index (χ3n) is 2.06. The Labute approximate surface area is 90.9 Å². The lowest BCUT2D eigenvalue weighted by Crippen LogP contribution is -1.88. The summed E-state index contributed by atoms with van der Waals surface area (Å²) in [6, 6.07) is 4.73. The van der Waals surface area contributed by atoms with Gasteiger partial charge in [-0.2, -0.15) is 0 Å². The van der Waals surface area contributed by atoms with E-state index in [1.165, 1.54) is 13.2 Å². The zero-order valence-corrected chi connectivity index (χ0v) is 8.82. The van der Waals surface area contributed by atoms with Gasteiger partial charge in [0.05, 0.1) is 12.8 Å². The predicted octanol–water partition coefficient (Wildman–Crippen LogP) is 2.89. The maximum Gasteiger partial charge on any atom is 0.174 e. The summed E-state index contributed by atoms with van der Waals surface area (Å²) in [6.07, 6.45) is 1.70. The van der Waals surface area contributed by atoms with Gasteiger partial charge in [0.15, 0.2) is 16.3 Å². The molecule has 5 heteroatoms. The van der Waals surface area contributed by atoms with Crippen LogP contribution in [-0.2, 0) is 0 Å². The quantitative estimate of drug-likeness (QED) is 0.770. The van der Waals surface area contributed by atoms with Gasteiger partial charge in [0.1, 0.15) is 0 Å². The summed E-state index contributed by atoms with van der Waals surface area (Å²) < 4.78 is 18.7. The van der Waals surface area contributed by atoms with Crippen LogP contribution in [0.5, 0.6) is 5.75 Å². The van der Waals surface area contributed by atoms with Crippen molar-refractivity contribution >= 4 is 12.2 Å². The fraction of sp³-hybridized carbons (Fsp3) is 0.100. The highest BCUT2D eigenvalue weighted by atomic mass is 32.1. The first-order chi connectivity index (χ1) is 7.20. The van der Waals surface area contributed by atoms with Crippen LogP contribution in [0.25, 0.3) is 11.3 Å². The SMILES string of the molecule is COc1ccc(-c2c[nH]c(=S)[nH]2)cc1F. The van der Waals surface area contributed by atoms with E-state index in [1.807, 2.05) is 0 Å². The summed E-state index contributed by atoms with van der Waals surface area (Å²) in [6.45, 7) is 0. The molecule has 2 rings (SSSR count). The number of nitrogens with one attached hydrogen (secondary N) is 2. The number of hydrogen-bond acceptors (Lipinski definition) is 2. The van der Waals surface area contributed by atoms with Crippen LogP contribution in [0.3, 0.4) is 0 Å². The van der Waals surface area contributed by atoms with Gasteiger partial charge in [-0.15, -0.1) is 0 Å². The predicted molar refractivity (Wildman–Crippen MR) is 57.9 cm³/mol. The highest BCUT2D eigenvalue weighted by molar-refractivity contribution is 7.71. The first-order valence-corrected chi connectivity index (χ1v) is 4.73. The number of benzene rings is 1. The molecule has 0 unspecified atom stereocenters. The highest BCUT2D eigenvalue weighted by Crippen LogP contribution is 2.23. The monoisotopic (exact) mass is 224 g/mol. The second-order valence-corrected chi connectivity index (χ2v) is 3.41. The lowest BCUT2D eigenvalue weighted by Gasteiger charge is -2.03. The van der Waals surface area contributed by atoms with E-state index in [-0.39, 0.29) is 5.75 Å². The van der Waals surface area contributed by atoms with E-state index < -0.39 is 5.82 Å². The molecule has 1 aromatic heterocycles. The minimum Gasteiger partial charge on any atom is -0.494 e. The Morgan fingerprint density at radius 3 is 2.73 bits per heavy atom. The van der Waals surface area contributed by atoms with Crippen molar-refractivity contribution in [3.63, 3.8) is 0 Å². The van der Waals surface area contributed by atoms with E-state index in [2.05, 4.69) is 9.97 Å². The van der Waals surface area contributed by atoms with Crippen molar-refractivity contribution in [3.8, 4) is 17.0 Å². The summed E-state index contributed by atoms with van der Waals surface area (Å²) in [5.74, 6) is -0.164. The number of imidazole rings is 1. The van der Waals surface area contributed by atoms with Gasteiger partial charge >= 0.3 is 0 Å². The van der Waals surface area contributed by atoms with Gasteiger partial charge in [0.2, 0.25) is 0 Å². The van der Waals surface area contributed by atoms with Crippen LogP contribution in [0.15, 0.2) is 24.4 Å². The Bertz CT molecular complexity index is 532. The van der Waals surface area contributed by atoms with Crippen LogP contribution in [0.4, 0.5) is 4.39 Å². The van der Waals surface area contributed by atoms with Gasteiger partial charge in [0.25, 0.3) is 0 Å². The Hall–Kier alpha value is -1.62. The summed E-state index contributed by atoms with van der Waals surface area (Å²) in [4.78, 5) is 5.73. The van der Waals surface area contributed by atoms with Crippen molar-refractivity contribution in [2.75, 3.05) is 7.11 Å². The average molecular weight is 224 g/mol. The van der Waals surface area contributed by atoms with Gasteiger partial charge in [-0.3, -0.25) is 0 Å². The van der Waals surface area contributed by atoms with Crippen LogP contribution in [0.2, 0.25) is 0 Å². The molecule has 1 aromatic carbocycles. The molecule has 0 spiro atoms.